The summed E-state index contributed by atoms with van der Waals surface area (Å²) in [6.45, 7) is 6.18. The number of carbonyl (C=O) groups excluding carboxylic acids is 2. The smallest absolute Gasteiger partial charge is 0.280 e. The Balaban J connectivity index is 1.62. The highest BCUT2D eigenvalue weighted by Gasteiger charge is 2.19. The SMILES string of the molecule is CCn1nc(C)c2nc(SCC(=O)Nc3cccc(C(C)=O)c3)n(Cc3cccs3)c(=O)c21. The summed E-state index contributed by atoms with van der Waals surface area (Å²) in [7, 11) is 0. The number of aromatic nitrogens is 4. The van der Waals surface area contributed by atoms with E-state index in [0.717, 1.165) is 4.88 Å². The van der Waals surface area contributed by atoms with Crippen LogP contribution in [0, 0.1) is 6.92 Å². The fourth-order valence-corrected chi connectivity index (χ4v) is 4.95. The van der Waals surface area contributed by atoms with E-state index in [-0.39, 0.29) is 23.0 Å². The summed E-state index contributed by atoms with van der Waals surface area (Å²) in [6, 6.07) is 10.7. The second-order valence-corrected chi connectivity index (χ2v) is 9.41. The Morgan fingerprint density at radius 1 is 1.21 bits per heavy atom. The van der Waals surface area contributed by atoms with Gasteiger partial charge in [0.1, 0.15) is 5.52 Å². The molecular formula is C23H23N5O3S2. The standard InChI is InChI=1S/C23H23N5O3S2/c1-4-28-21-20(14(2)26-28)25-23(27(22(21)31)12-18-9-6-10-32-18)33-13-19(30)24-17-8-5-7-16(11-17)15(3)29/h5-11H,4,12-13H2,1-3H3,(H,24,30). The van der Waals surface area contributed by atoms with Crippen molar-refractivity contribution in [2.24, 2.45) is 0 Å². The van der Waals surface area contributed by atoms with Crippen LogP contribution in [0.15, 0.2) is 51.7 Å². The van der Waals surface area contributed by atoms with Crippen LogP contribution >= 0.6 is 23.1 Å². The van der Waals surface area contributed by atoms with Gasteiger partial charge in [0.05, 0.1) is 18.0 Å². The molecular weight excluding hydrogens is 458 g/mol. The molecule has 0 saturated heterocycles. The molecule has 3 aromatic heterocycles. The Bertz CT molecular complexity index is 1390. The first kappa shape index (κ1) is 22.9. The number of carbonyl (C=O) groups is 2. The van der Waals surface area contributed by atoms with Crippen molar-refractivity contribution in [3.05, 3.63) is 68.3 Å². The highest BCUT2D eigenvalue weighted by Crippen LogP contribution is 2.22. The number of fused-ring (bicyclic) bond motifs is 1. The molecule has 1 N–H and O–H groups in total. The molecule has 0 atom stereocenters. The minimum absolute atomic E-state index is 0.0631. The molecule has 0 fully saturated rings. The first-order valence-electron chi connectivity index (χ1n) is 10.4. The number of Topliss-reactive ketones (excluding diaryl/α,β-unsaturated/α-hetero) is 1. The summed E-state index contributed by atoms with van der Waals surface area (Å²) < 4.78 is 3.28. The number of hydrogen-bond acceptors (Lipinski definition) is 7. The van der Waals surface area contributed by atoms with E-state index >= 15 is 0 Å². The average Bonchev–Trinajstić information content (AvgIpc) is 3.42. The predicted octanol–water partition coefficient (Wildman–Crippen LogP) is 3.96. The van der Waals surface area contributed by atoms with Gasteiger partial charge < -0.3 is 5.32 Å². The van der Waals surface area contributed by atoms with Gasteiger partial charge in [0.2, 0.25) is 5.91 Å². The third-order valence-electron chi connectivity index (χ3n) is 5.06. The first-order valence-corrected chi connectivity index (χ1v) is 12.3. The number of nitrogens with one attached hydrogen (secondary N) is 1. The number of thiophene rings is 1. The molecule has 0 unspecified atom stereocenters. The van der Waals surface area contributed by atoms with Gasteiger partial charge in [-0.15, -0.1) is 11.3 Å². The molecule has 0 spiro atoms. The van der Waals surface area contributed by atoms with Crippen LogP contribution in [-0.4, -0.2) is 36.8 Å². The fourth-order valence-electron chi connectivity index (χ4n) is 3.47. The Kier molecular flexibility index (Phi) is 6.75. The van der Waals surface area contributed by atoms with Crippen molar-refractivity contribution in [3.63, 3.8) is 0 Å². The second-order valence-electron chi connectivity index (χ2n) is 7.44. The quantitative estimate of drug-likeness (QED) is 0.232. The van der Waals surface area contributed by atoms with Crippen molar-refractivity contribution in [1.29, 1.82) is 0 Å². The normalized spacial score (nSPS) is 11.1. The average molecular weight is 482 g/mol. The molecule has 4 aromatic rings. The van der Waals surface area contributed by atoms with Crippen molar-refractivity contribution in [2.45, 2.75) is 39.0 Å². The lowest BCUT2D eigenvalue weighted by molar-refractivity contribution is -0.113. The fraction of sp³-hybridized carbons (Fsp3) is 0.261. The Hall–Kier alpha value is -3.24. The molecule has 0 saturated carbocycles. The number of anilines is 1. The molecule has 0 aliphatic heterocycles. The summed E-state index contributed by atoms with van der Waals surface area (Å²) in [6.07, 6.45) is 0. The van der Waals surface area contributed by atoms with Crippen LogP contribution < -0.4 is 10.9 Å². The van der Waals surface area contributed by atoms with E-state index in [9.17, 15) is 14.4 Å². The van der Waals surface area contributed by atoms with Crippen LogP contribution in [0.25, 0.3) is 11.0 Å². The molecule has 1 amide bonds. The van der Waals surface area contributed by atoms with Crippen molar-refractivity contribution in [2.75, 3.05) is 11.1 Å². The highest BCUT2D eigenvalue weighted by molar-refractivity contribution is 7.99. The zero-order valence-electron chi connectivity index (χ0n) is 18.5. The summed E-state index contributed by atoms with van der Waals surface area (Å²) in [5.41, 5.74) is 2.61. The van der Waals surface area contributed by atoms with Gasteiger partial charge in [0, 0.05) is 22.7 Å². The van der Waals surface area contributed by atoms with E-state index < -0.39 is 0 Å². The lowest BCUT2D eigenvalue weighted by Crippen LogP contribution is -2.26. The van der Waals surface area contributed by atoms with Gasteiger partial charge in [0.15, 0.2) is 16.5 Å². The van der Waals surface area contributed by atoms with Gasteiger partial charge in [-0.25, -0.2) is 4.98 Å². The highest BCUT2D eigenvalue weighted by atomic mass is 32.2. The molecule has 0 aliphatic carbocycles. The second kappa shape index (κ2) is 9.72. The summed E-state index contributed by atoms with van der Waals surface area (Å²) in [4.78, 5) is 43.4. The Morgan fingerprint density at radius 2 is 2.03 bits per heavy atom. The van der Waals surface area contributed by atoms with Gasteiger partial charge in [-0.2, -0.15) is 5.10 Å². The molecule has 8 nitrogen and oxygen atoms in total. The maximum absolute atomic E-state index is 13.4. The van der Waals surface area contributed by atoms with E-state index in [1.54, 1.807) is 44.9 Å². The lowest BCUT2D eigenvalue weighted by Gasteiger charge is -2.12. The van der Waals surface area contributed by atoms with Crippen molar-refractivity contribution in [1.82, 2.24) is 19.3 Å². The van der Waals surface area contributed by atoms with Crippen molar-refractivity contribution in [3.8, 4) is 0 Å². The zero-order chi connectivity index (χ0) is 23.5. The molecule has 3 heterocycles. The summed E-state index contributed by atoms with van der Waals surface area (Å²) >= 11 is 2.76. The molecule has 33 heavy (non-hydrogen) atoms. The summed E-state index contributed by atoms with van der Waals surface area (Å²) in [5.74, 6) is -0.259. The van der Waals surface area contributed by atoms with Gasteiger partial charge in [-0.3, -0.25) is 23.6 Å². The number of benzene rings is 1. The van der Waals surface area contributed by atoms with Gasteiger partial charge in [-0.1, -0.05) is 30.0 Å². The van der Waals surface area contributed by atoms with Gasteiger partial charge >= 0.3 is 0 Å². The Morgan fingerprint density at radius 3 is 2.73 bits per heavy atom. The van der Waals surface area contributed by atoms with Crippen LogP contribution in [0.4, 0.5) is 5.69 Å². The van der Waals surface area contributed by atoms with Crippen LogP contribution in [0.2, 0.25) is 0 Å². The van der Waals surface area contributed by atoms with E-state index in [1.165, 1.54) is 18.7 Å². The van der Waals surface area contributed by atoms with Crippen molar-refractivity contribution >= 4 is 51.5 Å². The topological polar surface area (TPSA) is 98.9 Å². The number of ketones is 1. The molecule has 0 aliphatic rings. The number of thioether (sulfide) groups is 1. The Labute approximate surface area is 198 Å². The molecule has 1 aromatic carbocycles. The lowest BCUT2D eigenvalue weighted by atomic mass is 10.1. The van der Waals surface area contributed by atoms with Crippen LogP contribution in [0.1, 0.15) is 34.8 Å². The van der Waals surface area contributed by atoms with E-state index in [1.807, 2.05) is 31.4 Å². The molecule has 0 bridgehead atoms. The van der Waals surface area contributed by atoms with Crippen molar-refractivity contribution < 1.29 is 9.59 Å². The summed E-state index contributed by atoms with van der Waals surface area (Å²) in [5, 5.41) is 9.68. The maximum Gasteiger partial charge on any atom is 0.280 e. The molecule has 4 rings (SSSR count). The molecule has 170 valence electrons. The third kappa shape index (κ3) is 4.91. The van der Waals surface area contributed by atoms with E-state index in [2.05, 4.69) is 10.4 Å². The number of amides is 1. The largest absolute Gasteiger partial charge is 0.325 e. The van der Waals surface area contributed by atoms with Crippen LogP contribution in [0.5, 0.6) is 0 Å². The minimum atomic E-state index is -0.251. The number of rotatable bonds is 8. The number of hydrogen-bond donors (Lipinski definition) is 1. The predicted molar refractivity (Wildman–Crippen MR) is 131 cm³/mol. The maximum atomic E-state index is 13.4. The van der Waals surface area contributed by atoms with E-state index in [4.69, 9.17) is 4.98 Å². The van der Waals surface area contributed by atoms with Gasteiger partial charge in [-0.05, 0) is 44.4 Å². The number of aryl methyl sites for hydroxylation is 2. The van der Waals surface area contributed by atoms with Gasteiger partial charge in [0.25, 0.3) is 5.56 Å². The monoisotopic (exact) mass is 481 g/mol. The third-order valence-corrected chi connectivity index (χ3v) is 6.90. The zero-order valence-corrected chi connectivity index (χ0v) is 20.1. The minimum Gasteiger partial charge on any atom is -0.325 e. The first-order chi connectivity index (χ1) is 15.9. The molecule has 10 heteroatoms. The number of nitrogens with zero attached hydrogens (tertiary/aromatic N) is 4. The van der Waals surface area contributed by atoms with Crippen LogP contribution in [0.3, 0.4) is 0 Å². The molecule has 0 radical (unpaired) electrons. The van der Waals surface area contributed by atoms with Crippen LogP contribution in [-0.2, 0) is 17.9 Å². The van der Waals surface area contributed by atoms with E-state index in [0.29, 0.717) is 46.2 Å².